The summed E-state index contributed by atoms with van der Waals surface area (Å²) in [4.78, 5) is 4.13. The van der Waals surface area contributed by atoms with E-state index in [2.05, 4.69) is 26.3 Å². The first-order chi connectivity index (χ1) is 4.68. The van der Waals surface area contributed by atoms with Crippen LogP contribution in [0, 0.1) is 0 Å². The maximum atomic E-state index is 4.13. The zero-order chi connectivity index (χ0) is 7.56. The number of thiazole rings is 1. The van der Waals surface area contributed by atoms with Crippen molar-refractivity contribution in [2.45, 2.75) is 0 Å². The van der Waals surface area contributed by atoms with Gasteiger partial charge in [-0.3, -0.25) is 5.43 Å². The molecular formula is C5H8BrN3S. The highest BCUT2D eigenvalue weighted by Gasteiger charge is 1.97. The van der Waals surface area contributed by atoms with E-state index in [0.29, 0.717) is 0 Å². The predicted octanol–water partition coefficient (Wildman–Crippen LogP) is 1.79. The molecule has 0 spiro atoms. The summed E-state index contributed by atoms with van der Waals surface area (Å²) in [6.45, 7) is 0. The molecule has 10 heavy (non-hydrogen) atoms. The summed E-state index contributed by atoms with van der Waals surface area (Å²) in [5.41, 5.74) is 3.04. The van der Waals surface area contributed by atoms with Gasteiger partial charge in [0.15, 0.2) is 5.13 Å². The fraction of sp³-hybridized carbons (Fsp3) is 0.400. The van der Waals surface area contributed by atoms with Crippen LogP contribution in [-0.4, -0.2) is 24.1 Å². The standard InChI is InChI=1S/C5H8BrN3S/c1-9(2)8-5-7-4(6)3-10-5/h3H,1-2H3,(H,7,8). The van der Waals surface area contributed by atoms with Gasteiger partial charge in [0.1, 0.15) is 4.60 Å². The van der Waals surface area contributed by atoms with Crippen LogP contribution in [0.25, 0.3) is 0 Å². The van der Waals surface area contributed by atoms with E-state index in [1.165, 1.54) is 0 Å². The van der Waals surface area contributed by atoms with Gasteiger partial charge in [-0.15, -0.1) is 11.3 Å². The van der Waals surface area contributed by atoms with Crippen LogP contribution < -0.4 is 5.43 Å². The Hall–Kier alpha value is -0.130. The first-order valence-corrected chi connectivity index (χ1v) is 4.41. The maximum Gasteiger partial charge on any atom is 0.198 e. The number of halogens is 1. The monoisotopic (exact) mass is 221 g/mol. The quantitative estimate of drug-likeness (QED) is 0.773. The Morgan fingerprint density at radius 3 is 2.80 bits per heavy atom. The molecule has 0 aliphatic carbocycles. The molecule has 1 aromatic rings. The third kappa shape index (κ3) is 2.24. The van der Waals surface area contributed by atoms with E-state index in [4.69, 9.17) is 0 Å². The summed E-state index contributed by atoms with van der Waals surface area (Å²) in [5.74, 6) is 0. The SMILES string of the molecule is CN(C)Nc1nc(Br)cs1. The smallest absolute Gasteiger partial charge is 0.198 e. The van der Waals surface area contributed by atoms with E-state index in [0.717, 1.165) is 9.73 Å². The highest BCUT2D eigenvalue weighted by molar-refractivity contribution is 9.10. The lowest BCUT2D eigenvalue weighted by Crippen LogP contribution is -2.19. The first kappa shape index (κ1) is 7.97. The Morgan fingerprint density at radius 2 is 2.40 bits per heavy atom. The molecule has 0 atom stereocenters. The molecule has 0 unspecified atom stereocenters. The number of anilines is 1. The third-order valence-corrected chi connectivity index (χ3v) is 2.25. The van der Waals surface area contributed by atoms with Crippen LogP contribution in [0.15, 0.2) is 9.98 Å². The summed E-state index contributed by atoms with van der Waals surface area (Å²) < 4.78 is 0.877. The average molecular weight is 222 g/mol. The zero-order valence-corrected chi connectivity index (χ0v) is 8.16. The van der Waals surface area contributed by atoms with Crippen LogP contribution in [0.4, 0.5) is 5.13 Å². The molecule has 0 bridgehead atoms. The van der Waals surface area contributed by atoms with Crippen molar-refractivity contribution < 1.29 is 0 Å². The maximum absolute atomic E-state index is 4.13. The number of nitrogens with zero attached hydrogens (tertiary/aromatic N) is 2. The molecule has 0 radical (unpaired) electrons. The van der Waals surface area contributed by atoms with E-state index in [1.807, 2.05) is 24.5 Å². The molecule has 1 heterocycles. The van der Waals surface area contributed by atoms with E-state index in [1.54, 1.807) is 11.3 Å². The average Bonchev–Trinajstić information content (AvgIpc) is 2.13. The fourth-order valence-electron chi connectivity index (χ4n) is 0.497. The van der Waals surface area contributed by atoms with E-state index in [-0.39, 0.29) is 0 Å². The van der Waals surface area contributed by atoms with E-state index in [9.17, 15) is 0 Å². The number of hydrazine groups is 1. The molecular weight excluding hydrogens is 214 g/mol. The molecule has 0 aromatic carbocycles. The molecule has 0 aliphatic rings. The van der Waals surface area contributed by atoms with Gasteiger partial charge in [0, 0.05) is 19.5 Å². The summed E-state index contributed by atoms with van der Waals surface area (Å²) in [6.07, 6.45) is 0. The third-order valence-electron chi connectivity index (χ3n) is 0.795. The molecule has 0 fully saturated rings. The lowest BCUT2D eigenvalue weighted by molar-refractivity contribution is 0.494. The minimum atomic E-state index is 0.877. The van der Waals surface area contributed by atoms with Crippen LogP contribution in [0.2, 0.25) is 0 Å². The molecule has 0 saturated carbocycles. The van der Waals surface area contributed by atoms with Crippen molar-refractivity contribution in [3.05, 3.63) is 9.98 Å². The topological polar surface area (TPSA) is 28.2 Å². The lowest BCUT2D eigenvalue weighted by Gasteiger charge is -2.08. The molecule has 0 amide bonds. The van der Waals surface area contributed by atoms with E-state index < -0.39 is 0 Å². The molecule has 1 rings (SSSR count). The van der Waals surface area contributed by atoms with Crippen molar-refractivity contribution in [1.82, 2.24) is 9.99 Å². The molecule has 56 valence electrons. The van der Waals surface area contributed by atoms with Gasteiger partial charge < -0.3 is 0 Å². The molecule has 0 saturated heterocycles. The highest BCUT2D eigenvalue weighted by atomic mass is 79.9. The van der Waals surface area contributed by atoms with Crippen molar-refractivity contribution in [1.29, 1.82) is 0 Å². The van der Waals surface area contributed by atoms with E-state index >= 15 is 0 Å². The van der Waals surface area contributed by atoms with Crippen molar-refractivity contribution in [2.75, 3.05) is 19.5 Å². The number of hydrogen-bond acceptors (Lipinski definition) is 4. The molecule has 1 aromatic heterocycles. The number of rotatable bonds is 2. The Labute approximate surface area is 72.2 Å². The molecule has 1 N–H and O–H groups in total. The second-order valence-electron chi connectivity index (χ2n) is 1.98. The van der Waals surface area contributed by atoms with Gasteiger partial charge in [-0.1, -0.05) is 0 Å². The Morgan fingerprint density at radius 1 is 1.70 bits per heavy atom. The second-order valence-corrected chi connectivity index (χ2v) is 3.65. The van der Waals surface area contributed by atoms with Gasteiger partial charge >= 0.3 is 0 Å². The van der Waals surface area contributed by atoms with Crippen LogP contribution >= 0.6 is 27.3 Å². The van der Waals surface area contributed by atoms with Gasteiger partial charge in [-0.25, -0.2) is 9.99 Å². The molecule has 3 nitrogen and oxygen atoms in total. The fourth-order valence-corrected chi connectivity index (χ4v) is 1.72. The predicted molar refractivity (Wildman–Crippen MR) is 47.1 cm³/mol. The number of aromatic nitrogens is 1. The molecule has 5 heteroatoms. The lowest BCUT2D eigenvalue weighted by atomic mass is 11.0. The summed E-state index contributed by atoms with van der Waals surface area (Å²) in [6, 6.07) is 0. The second kappa shape index (κ2) is 3.32. The van der Waals surface area contributed by atoms with Crippen LogP contribution in [0.1, 0.15) is 0 Å². The van der Waals surface area contributed by atoms with Crippen LogP contribution in [0.5, 0.6) is 0 Å². The van der Waals surface area contributed by atoms with Crippen molar-refractivity contribution in [3.8, 4) is 0 Å². The number of nitrogens with one attached hydrogen (secondary N) is 1. The Balaban J connectivity index is 2.58. The number of hydrogen-bond donors (Lipinski definition) is 1. The minimum Gasteiger partial charge on any atom is -0.295 e. The van der Waals surface area contributed by atoms with Crippen molar-refractivity contribution in [2.24, 2.45) is 0 Å². The van der Waals surface area contributed by atoms with Gasteiger partial charge in [-0.05, 0) is 15.9 Å². The molecule has 0 aliphatic heterocycles. The summed E-state index contributed by atoms with van der Waals surface area (Å²) >= 11 is 4.83. The van der Waals surface area contributed by atoms with Crippen molar-refractivity contribution in [3.63, 3.8) is 0 Å². The highest BCUT2D eigenvalue weighted by Crippen LogP contribution is 2.18. The van der Waals surface area contributed by atoms with Crippen LogP contribution in [-0.2, 0) is 0 Å². The summed E-state index contributed by atoms with van der Waals surface area (Å²) in [5, 5.41) is 4.69. The zero-order valence-electron chi connectivity index (χ0n) is 5.76. The first-order valence-electron chi connectivity index (χ1n) is 2.73. The normalized spacial score (nSPS) is 10.4. The van der Waals surface area contributed by atoms with Gasteiger partial charge in [-0.2, -0.15) is 0 Å². The van der Waals surface area contributed by atoms with Gasteiger partial charge in [0.05, 0.1) is 0 Å². The van der Waals surface area contributed by atoms with Gasteiger partial charge in [0.25, 0.3) is 0 Å². The largest absolute Gasteiger partial charge is 0.295 e. The summed E-state index contributed by atoms with van der Waals surface area (Å²) in [7, 11) is 3.85. The Bertz CT molecular complexity index is 210. The van der Waals surface area contributed by atoms with Crippen LogP contribution in [0.3, 0.4) is 0 Å². The Kier molecular flexibility index (Phi) is 2.64. The minimum absolute atomic E-state index is 0.877. The van der Waals surface area contributed by atoms with Crippen molar-refractivity contribution >= 4 is 32.4 Å². The van der Waals surface area contributed by atoms with Gasteiger partial charge in [0.2, 0.25) is 0 Å².